The highest BCUT2D eigenvalue weighted by molar-refractivity contribution is 7.94. The number of aryl methyl sites for hydroxylation is 2. The van der Waals surface area contributed by atoms with Crippen LogP contribution in [0.3, 0.4) is 0 Å². The van der Waals surface area contributed by atoms with E-state index in [0.717, 1.165) is 16.5 Å². The van der Waals surface area contributed by atoms with Crippen LogP contribution in [0.5, 0.6) is 0 Å². The van der Waals surface area contributed by atoms with Crippen LogP contribution in [0, 0.1) is 19.8 Å². The number of allylic oxidation sites excluding steroid dienone is 1. The molecule has 2 rings (SSSR count). The molecule has 1 N–H and O–H groups in total. The molecule has 0 saturated carbocycles. The van der Waals surface area contributed by atoms with Crippen molar-refractivity contribution in [2.45, 2.75) is 33.3 Å². The zero-order chi connectivity index (χ0) is 17.9. The number of esters is 1. The summed E-state index contributed by atoms with van der Waals surface area (Å²) >= 11 is 0. The summed E-state index contributed by atoms with van der Waals surface area (Å²) in [7, 11) is -3.20. The molecular weight excluding hydrogens is 330 g/mol. The zero-order valence-electron chi connectivity index (χ0n) is 13.9. The van der Waals surface area contributed by atoms with Crippen molar-refractivity contribution < 1.29 is 22.7 Å². The van der Waals surface area contributed by atoms with Gasteiger partial charge in [-0.15, -0.1) is 0 Å². The third-order valence-electron chi connectivity index (χ3n) is 3.84. The van der Waals surface area contributed by atoms with Gasteiger partial charge in [-0.25, -0.2) is 8.42 Å². The quantitative estimate of drug-likeness (QED) is 0.821. The number of nitrogens with one attached hydrogen (secondary N) is 1. The van der Waals surface area contributed by atoms with Gasteiger partial charge in [-0.2, -0.15) is 0 Å². The van der Waals surface area contributed by atoms with Gasteiger partial charge >= 0.3 is 5.97 Å². The molecule has 7 heteroatoms. The Hall–Kier alpha value is -2.15. The second-order valence-electron chi connectivity index (χ2n) is 6.01. The average Bonchev–Trinajstić information content (AvgIpc) is 2.81. The number of anilines is 1. The Morgan fingerprint density at radius 1 is 1.29 bits per heavy atom. The number of hydrogen-bond acceptors (Lipinski definition) is 5. The summed E-state index contributed by atoms with van der Waals surface area (Å²) in [6, 6.07) is 5.66. The Morgan fingerprint density at radius 2 is 1.92 bits per heavy atom. The number of benzene rings is 1. The lowest BCUT2D eigenvalue weighted by atomic mass is 10.1. The molecule has 2 unspecified atom stereocenters. The van der Waals surface area contributed by atoms with Crippen LogP contribution in [-0.2, 0) is 24.2 Å². The van der Waals surface area contributed by atoms with E-state index in [9.17, 15) is 18.0 Å². The van der Waals surface area contributed by atoms with Crippen molar-refractivity contribution in [2.24, 2.45) is 5.92 Å². The summed E-state index contributed by atoms with van der Waals surface area (Å²) in [6.07, 6.45) is 0.466. The summed E-state index contributed by atoms with van der Waals surface area (Å²) in [5.74, 6) is -1.50. The third kappa shape index (κ3) is 4.67. The van der Waals surface area contributed by atoms with E-state index in [1.807, 2.05) is 32.0 Å². The Labute approximate surface area is 141 Å². The molecule has 130 valence electrons. The average molecular weight is 351 g/mol. The number of amides is 1. The zero-order valence-corrected chi connectivity index (χ0v) is 14.7. The fraction of sp³-hybridized carbons (Fsp3) is 0.412. The van der Waals surface area contributed by atoms with Crippen molar-refractivity contribution in [3.05, 3.63) is 40.8 Å². The molecule has 2 atom stereocenters. The van der Waals surface area contributed by atoms with E-state index < -0.39 is 33.7 Å². The van der Waals surface area contributed by atoms with Gasteiger partial charge in [-0.05, 0) is 31.9 Å². The maximum Gasteiger partial charge on any atom is 0.307 e. The van der Waals surface area contributed by atoms with E-state index in [-0.39, 0.29) is 12.2 Å². The Morgan fingerprint density at radius 3 is 2.46 bits per heavy atom. The summed E-state index contributed by atoms with van der Waals surface area (Å²) in [5.41, 5.74) is 2.54. The van der Waals surface area contributed by atoms with Gasteiger partial charge in [0.2, 0.25) is 0 Å². The SMILES string of the molecule is Cc1cccc(C)c1NC(=O)C(C)OC(=O)CC1C=CS(=O)(=O)C1. The van der Waals surface area contributed by atoms with Crippen molar-refractivity contribution >= 4 is 27.4 Å². The van der Waals surface area contributed by atoms with Gasteiger partial charge in [0.1, 0.15) is 0 Å². The van der Waals surface area contributed by atoms with Crippen LogP contribution in [-0.4, -0.2) is 32.2 Å². The molecule has 1 amide bonds. The minimum Gasteiger partial charge on any atom is -0.453 e. The van der Waals surface area contributed by atoms with E-state index in [4.69, 9.17) is 4.74 Å². The number of rotatable bonds is 5. The van der Waals surface area contributed by atoms with Crippen molar-refractivity contribution in [1.29, 1.82) is 0 Å². The van der Waals surface area contributed by atoms with Crippen molar-refractivity contribution in [3.8, 4) is 0 Å². The fourth-order valence-corrected chi connectivity index (χ4v) is 3.92. The van der Waals surface area contributed by atoms with E-state index in [0.29, 0.717) is 5.69 Å². The normalized spacial score (nSPS) is 19.7. The summed E-state index contributed by atoms with van der Waals surface area (Å²) in [4.78, 5) is 24.1. The predicted octanol–water partition coefficient (Wildman–Crippen LogP) is 2.12. The lowest BCUT2D eigenvalue weighted by molar-refractivity contribution is -0.153. The molecule has 0 spiro atoms. The number of ether oxygens (including phenoxy) is 1. The van der Waals surface area contributed by atoms with E-state index in [2.05, 4.69) is 5.32 Å². The van der Waals surface area contributed by atoms with Gasteiger partial charge in [0.15, 0.2) is 15.9 Å². The lowest BCUT2D eigenvalue weighted by Gasteiger charge is -2.16. The van der Waals surface area contributed by atoms with Gasteiger partial charge in [0.25, 0.3) is 5.91 Å². The molecular formula is C17H21NO5S. The number of hydrogen-bond donors (Lipinski definition) is 1. The first-order valence-electron chi connectivity index (χ1n) is 7.65. The van der Waals surface area contributed by atoms with Gasteiger partial charge in [-0.3, -0.25) is 9.59 Å². The Balaban J connectivity index is 1.90. The van der Waals surface area contributed by atoms with E-state index >= 15 is 0 Å². The first kappa shape index (κ1) is 18.2. The lowest BCUT2D eigenvalue weighted by Crippen LogP contribution is -2.31. The molecule has 1 aliphatic heterocycles. The van der Waals surface area contributed by atoms with Gasteiger partial charge < -0.3 is 10.1 Å². The molecule has 0 radical (unpaired) electrons. The highest BCUT2D eigenvalue weighted by atomic mass is 32.2. The molecule has 0 aliphatic carbocycles. The molecule has 1 aromatic rings. The van der Waals surface area contributed by atoms with Gasteiger partial charge in [-0.1, -0.05) is 24.3 Å². The molecule has 0 fully saturated rings. The standard InChI is InChI=1S/C17H21NO5S/c1-11-5-4-6-12(2)16(11)18-17(20)13(3)23-15(19)9-14-7-8-24(21,22)10-14/h4-8,13-14H,9-10H2,1-3H3,(H,18,20). The highest BCUT2D eigenvalue weighted by Gasteiger charge is 2.26. The van der Waals surface area contributed by atoms with Crippen LogP contribution in [0.4, 0.5) is 5.69 Å². The number of carbonyl (C=O) groups excluding carboxylic acids is 2. The predicted molar refractivity (Wildman–Crippen MR) is 91.1 cm³/mol. The number of sulfone groups is 1. The molecule has 1 heterocycles. The van der Waals surface area contributed by atoms with Gasteiger partial charge in [0.05, 0.1) is 12.2 Å². The highest BCUT2D eigenvalue weighted by Crippen LogP contribution is 2.21. The van der Waals surface area contributed by atoms with Crippen LogP contribution in [0.2, 0.25) is 0 Å². The fourth-order valence-electron chi connectivity index (χ4n) is 2.52. The van der Waals surface area contributed by atoms with Crippen molar-refractivity contribution in [2.75, 3.05) is 11.1 Å². The third-order valence-corrected chi connectivity index (χ3v) is 5.30. The smallest absolute Gasteiger partial charge is 0.307 e. The molecule has 6 nitrogen and oxygen atoms in total. The summed E-state index contributed by atoms with van der Waals surface area (Å²) < 4.78 is 27.7. The minimum absolute atomic E-state index is 0.0588. The van der Waals surface area contributed by atoms with Crippen molar-refractivity contribution in [3.63, 3.8) is 0 Å². The molecule has 1 aliphatic rings. The molecule has 0 saturated heterocycles. The van der Waals surface area contributed by atoms with Crippen LogP contribution < -0.4 is 5.32 Å². The van der Waals surface area contributed by atoms with Crippen LogP contribution in [0.1, 0.15) is 24.5 Å². The summed E-state index contributed by atoms with van der Waals surface area (Å²) in [5, 5.41) is 3.88. The van der Waals surface area contributed by atoms with Gasteiger partial charge in [0, 0.05) is 17.0 Å². The number of carbonyl (C=O) groups is 2. The minimum atomic E-state index is -3.20. The topological polar surface area (TPSA) is 89.5 Å². The monoisotopic (exact) mass is 351 g/mol. The second-order valence-corrected chi connectivity index (χ2v) is 7.94. The molecule has 0 bridgehead atoms. The first-order chi connectivity index (χ1) is 11.2. The Bertz CT molecular complexity index is 762. The van der Waals surface area contributed by atoms with E-state index in [1.54, 1.807) is 0 Å². The van der Waals surface area contributed by atoms with Crippen LogP contribution in [0.25, 0.3) is 0 Å². The maximum absolute atomic E-state index is 12.2. The maximum atomic E-state index is 12.2. The number of para-hydroxylation sites is 1. The molecule has 0 aromatic heterocycles. The molecule has 1 aromatic carbocycles. The molecule has 24 heavy (non-hydrogen) atoms. The summed E-state index contributed by atoms with van der Waals surface area (Å²) in [6.45, 7) is 5.25. The largest absolute Gasteiger partial charge is 0.453 e. The van der Waals surface area contributed by atoms with Crippen LogP contribution in [0.15, 0.2) is 29.7 Å². The second kappa shape index (κ2) is 7.17. The first-order valence-corrected chi connectivity index (χ1v) is 9.37. The Kier molecular flexibility index (Phi) is 5.43. The van der Waals surface area contributed by atoms with Crippen LogP contribution >= 0.6 is 0 Å². The van der Waals surface area contributed by atoms with E-state index in [1.165, 1.54) is 13.0 Å². The van der Waals surface area contributed by atoms with Crippen molar-refractivity contribution in [1.82, 2.24) is 0 Å².